The van der Waals surface area contributed by atoms with Crippen molar-refractivity contribution in [3.05, 3.63) is 34.1 Å². The molecule has 1 aromatic carbocycles. The van der Waals surface area contributed by atoms with Crippen LogP contribution >= 0.6 is 15.9 Å². The standard InChI is InChI=1S/C11H12BrFO3/c12-7-1-2-9(13)8(5-7)10(14)6-11-15-3-4-16-11/h1-2,5,10-11,14H,3-4,6H2. The lowest BCUT2D eigenvalue weighted by atomic mass is 10.1. The maximum absolute atomic E-state index is 13.4. The van der Waals surface area contributed by atoms with E-state index in [2.05, 4.69) is 15.9 Å². The average Bonchev–Trinajstić information content (AvgIpc) is 2.74. The number of halogens is 2. The highest BCUT2D eigenvalue weighted by Gasteiger charge is 2.22. The first-order valence-corrected chi connectivity index (χ1v) is 5.82. The highest BCUT2D eigenvalue weighted by molar-refractivity contribution is 9.10. The van der Waals surface area contributed by atoms with E-state index in [1.54, 1.807) is 12.1 Å². The number of rotatable bonds is 3. The second-order valence-electron chi connectivity index (χ2n) is 3.59. The third-order valence-electron chi connectivity index (χ3n) is 2.42. The number of aliphatic hydroxyl groups is 1. The van der Waals surface area contributed by atoms with Crippen LogP contribution in [0.4, 0.5) is 4.39 Å². The van der Waals surface area contributed by atoms with Gasteiger partial charge >= 0.3 is 0 Å². The van der Waals surface area contributed by atoms with Crippen LogP contribution in [0.25, 0.3) is 0 Å². The lowest BCUT2D eigenvalue weighted by Gasteiger charge is -2.15. The van der Waals surface area contributed by atoms with Crippen LogP contribution in [0.2, 0.25) is 0 Å². The molecular formula is C11H12BrFO3. The van der Waals surface area contributed by atoms with Crippen molar-refractivity contribution in [2.45, 2.75) is 18.8 Å². The molecule has 0 amide bonds. The van der Waals surface area contributed by atoms with E-state index in [9.17, 15) is 9.50 Å². The van der Waals surface area contributed by atoms with Gasteiger partial charge in [-0.05, 0) is 18.2 Å². The summed E-state index contributed by atoms with van der Waals surface area (Å²) in [5, 5.41) is 9.87. The van der Waals surface area contributed by atoms with Gasteiger partial charge in [-0.2, -0.15) is 0 Å². The largest absolute Gasteiger partial charge is 0.388 e. The molecule has 5 heteroatoms. The van der Waals surface area contributed by atoms with Crippen molar-refractivity contribution >= 4 is 15.9 Å². The maximum Gasteiger partial charge on any atom is 0.160 e. The van der Waals surface area contributed by atoms with Gasteiger partial charge in [0.05, 0.1) is 19.3 Å². The quantitative estimate of drug-likeness (QED) is 0.929. The Morgan fingerprint density at radius 3 is 2.81 bits per heavy atom. The highest BCUT2D eigenvalue weighted by Crippen LogP contribution is 2.26. The Kier molecular flexibility index (Phi) is 3.91. The van der Waals surface area contributed by atoms with E-state index in [1.807, 2.05) is 0 Å². The molecule has 16 heavy (non-hydrogen) atoms. The number of ether oxygens (including phenoxy) is 2. The molecule has 1 heterocycles. The van der Waals surface area contributed by atoms with Crippen LogP contribution in [0.1, 0.15) is 18.1 Å². The van der Waals surface area contributed by atoms with E-state index >= 15 is 0 Å². The summed E-state index contributed by atoms with van der Waals surface area (Å²) in [6, 6.07) is 4.47. The fourth-order valence-electron chi connectivity index (χ4n) is 1.62. The summed E-state index contributed by atoms with van der Waals surface area (Å²) in [7, 11) is 0. The van der Waals surface area contributed by atoms with Crippen LogP contribution in [0.3, 0.4) is 0 Å². The van der Waals surface area contributed by atoms with Crippen LogP contribution in [-0.4, -0.2) is 24.6 Å². The van der Waals surface area contributed by atoms with E-state index < -0.39 is 18.2 Å². The number of aliphatic hydroxyl groups excluding tert-OH is 1. The van der Waals surface area contributed by atoms with Gasteiger partial charge in [-0.15, -0.1) is 0 Å². The van der Waals surface area contributed by atoms with Crippen molar-refractivity contribution in [1.82, 2.24) is 0 Å². The molecule has 1 N–H and O–H groups in total. The Labute approximate surface area is 101 Å². The third kappa shape index (κ3) is 2.79. The Balaban J connectivity index is 2.07. The first kappa shape index (κ1) is 12.0. The molecule has 0 saturated carbocycles. The van der Waals surface area contributed by atoms with E-state index in [1.165, 1.54) is 6.07 Å². The van der Waals surface area contributed by atoms with Crippen molar-refractivity contribution in [3.8, 4) is 0 Å². The van der Waals surface area contributed by atoms with Gasteiger partial charge in [-0.3, -0.25) is 0 Å². The molecule has 1 aromatic rings. The molecule has 0 aromatic heterocycles. The molecule has 1 saturated heterocycles. The lowest BCUT2D eigenvalue weighted by molar-refractivity contribution is -0.0711. The van der Waals surface area contributed by atoms with Crippen LogP contribution < -0.4 is 0 Å². The van der Waals surface area contributed by atoms with Crippen LogP contribution in [-0.2, 0) is 9.47 Å². The second kappa shape index (κ2) is 5.23. The first-order valence-electron chi connectivity index (χ1n) is 5.03. The van der Waals surface area contributed by atoms with Crippen molar-refractivity contribution in [3.63, 3.8) is 0 Å². The van der Waals surface area contributed by atoms with Gasteiger partial charge in [-0.25, -0.2) is 4.39 Å². The van der Waals surface area contributed by atoms with Crippen LogP contribution in [0.15, 0.2) is 22.7 Å². The van der Waals surface area contributed by atoms with Gasteiger partial charge in [0.1, 0.15) is 5.82 Å². The van der Waals surface area contributed by atoms with Gasteiger partial charge in [0.25, 0.3) is 0 Å². The lowest BCUT2D eigenvalue weighted by Crippen LogP contribution is -2.14. The monoisotopic (exact) mass is 290 g/mol. The molecule has 1 fully saturated rings. The molecular weight excluding hydrogens is 279 g/mol. The Bertz CT molecular complexity index is 366. The van der Waals surface area contributed by atoms with Gasteiger partial charge < -0.3 is 14.6 Å². The molecule has 2 rings (SSSR count). The molecule has 0 aliphatic carbocycles. The third-order valence-corrected chi connectivity index (χ3v) is 2.92. The molecule has 0 radical (unpaired) electrons. The summed E-state index contributed by atoms with van der Waals surface area (Å²) in [5.74, 6) is -0.423. The fraction of sp³-hybridized carbons (Fsp3) is 0.455. The van der Waals surface area contributed by atoms with Gasteiger partial charge in [0.2, 0.25) is 0 Å². The maximum atomic E-state index is 13.4. The Morgan fingerprint density at radius 2 is 2.12 bits per heavy atom. The highest BCUT2D eigenvalue weighted by atomic mass is 79.9. The number of hydrogen-bond acceptors (Lipinski definition) is 3. The smallest absolute Gasteiger partial charge is 0.160 e. The van der Waals surface area contributed by atoms with Crippen LogP contribution in [0.5, 0.6) is 0 Å². The van der Waals surface area contributed by atoms with Gasteiger partial charge in [0, 0.05) is 16.5 Å². The Morgan fingerprint density at radius 1 is 1.44 bits per heavy atom. The summed E-state index contributed by atoms with van der Waals surface area (Å²) >= 11 is 3.24. The van der Waals surface area contributed by atoms with E-state index in [0.717, 1.165) is 4.47 Å². The second-order valence-corrected chi connectivity index (χ2v) is 4.50. The molecule has 1 unspecified atom stereocenters. The normalized spacial score (nSPS) is 18.9. The summed E-state index contributed by atoms with van der Waals surface area (Å²) < 4.78 is 24.6. The molecule has 1 aliphatic rings. The summed E-state index contributed by atoms with van der Waals surface area (Å²) in [6.45, 7) is 1.05. The summed E-state index contributed by atoms with van der Waals surface area (Å²) in [6.07, 6.45) is -1.11. The molecule has 0 bridgehead atoms. The molecule has 1 atom stereocenters. The minimum absolute atomic E-state index is 0.243. The first-order chi connectivity index (χ1) is 7.66. The number of hydrogen-bond donors (Lipinski definition) is 1. The zero-order chi connectivity index (χ0) is 11.5. The SMILES string of the molecule is OC(CC1OCCO1)c1cc(Br)ccc1F. The Hall–Kier alpha value is -0.490. The van der Waals surface area contributed by atoms with E-state index in [0.29, 0.717) is 13.2 Å². The molecule has 0 spiro atoms. The predicted molar refractivity (Wildman–Crippen MR) is 59.4 cm³/mol. The van der Waals surface area contributed by atoms with Gasteiger partial charge in [-0.1, -0.05) is 15.9 Å². The summed E-state index contributed by atoms with van der Waals surface area (Å²) in [4.78, 5) is 0. The van der Waals surface area contributed by atoms with Crippen molar-refractivity contribution < 1.29 is 19.0 Å². The van der Waals surface area contributed by atoms with Gasteiger partial charge in [0.15, 0.2) is 6.29 Å². The fourth-order valence-corrected chi connectivity index (χ4v) is 2.00. The molecule has 3 nitrogen and oxygen atoms in total. The van der Waals surface area contributed by atoms with Crippen molar-refractivity contribution in [2.24, 2.45) is 0 Å². The van der Waals surface area contributed by atoms with Crippen molar-refractivity contribution in [2.75, 3.05) is 13.2 Å². The summed E-state index contributed by atoms with van der Waals surface area (Å²) in [5.41, 5.74) is 0.258. The molecule has 88 valence electrons. The minimum Gasteiger partial charge on any atom is -0.388 e. The van der Waals surface area contributed by atoms with E-state index in [4.69, 9.17) is 9.47 Å². The average molecular weight is 291 g/mol. The number of benzene rings is 1. The predicted octanol–water partition coefficient (Wildman–Crippen LogP) is 2.38. The minimum atomic E-state index is -0.916. The zero-order valence-electron chi connectivity index (χ0n) is 8.53. The zero-order valence-corrected chi connectivity index (χ0v) is 10.1. The molecule has 1 aliphatic heterocycles. The van der Waals surface area contributed by atoms with Crippen LogP contribution in [0, 0.1) is 5.82 Å². The van der Waals surface area contributed by atoms with Crippen molar-refractivity contribution in [1.29, 1.82) is 0 Å². The van der Waals surface area contributed by atoms with E-state index in [-0.39, 0.29) is 12.0 Å². The topological polar surface area (TPSA) is 38.7 Å².